The van der Waals surface area contributed by atoms with E-state index in [1.54, 1.807) is 9.80 Å². The molecule has 1 aromatic rings. The zero-order chi connectivity index (χ0) is 24.3. The Morgan fingerprint density at radius 1 is 0.765 bits per heavy atom. The van der Waals surface area contributed by atoms with E-state index in [1.807, 2.05) is 4.90 Å². The van der Waals surface area contributed by atoms with Crippen molar-refractivity contribution in [3.63, 3.8) is 0 Å². The van der Waals surface area contributed by atoms with Gasteiger partial charge in [-0.2, -0.15) is 13.2 Å². The molecule has 4 rings (SSSR count). The summed E-state index contributed by atoms with van der Waals surface area (Å²) in [7, 11) is 0. The molecule has 0 unspecified atom stereocenters. The van der Waals surface area contributed by atoms with Gasteiger partial charge in [-0.15, -0.1) is 0 Å². The van der Waals surface area contributed by atoms with E-state index < -0.39 is 11.7 Å². The third-order valence-corrected chi connectivity index (χ3v) is 7.00. The van der Waals surface area contributed by atoms with Crippen molar-refractivity contribution in [2.45, 2.75) is 31.9 Å². The summed E-state index contributed by atoms with van der Waals surface area (Å²) < 4.78 is 43.6. The van der Waals surface area contributed by atoms with Crippen molar-refractivity contribution in [2.75, 3.05) is 52.5 Å². The normalized spacial score (nSPS) is 22.6. The van der Waals surface area contributed by atoms with Gasteiger partial charge in [-0.25, -0.2) is 0 Å². The van der Waals surface area contributed by atoms with Crippen LogP contribution in [0.3, 0.4) is 0 Å². The zero-order valence-corrected chi connectivity index (χ0v) is 19.1. The van der Waals surface area contributed by atoms with Crippen molar-refractivity contribution in [3.8, 4) is 0 Å². The van der Waals surface area contributed by atoms with Crippen LogP contribution < -0.4 is 0 Å². The molecule has 3 heterocycles. The number of piperidine rings is 2. The molecule has 0 saturated carbocycles. The van der Waals surface area contributed by atoms with E-state index in [4.69, 9.17) is 4.74 Å². The van der Waals surface area contributed by atoms with Gasteiger partial charge in [0.25, 0.3) is 5.91 Å². The van der Waals surface area contributed by atoms with Crippen LogP contribution in [0.1, 0.15) is 41.6 Å². The highest BCUT2D eigenvalue weighted by Crippen LogP contribution is 2.30. The first-order chi connectivity index (χ1) is 16.2. The first kappa shape index (κ1) is 24.5. The number of carbonyl (C=O) groups is 3. The molecule has 10 heteroatoms. The number of rotatable bonds is 3. The summed E-state index contributed by atoms with van der Waals surface area (Å²) in [5, 5.41) is 0. The molecule has 186 valence electrons. The Balaban J connectivity index is 1.29. The van der Waals surface area contributed by atoms with Gasteiger partial charge in [-0.05, 0) is 49.9 Å². The molecule has 1 aromatic carbocycles. The fourth-order valence-electron chi connectivity index (χ4n) is 4.99. The highest BCUT2D eigenvalue weighted by Gasteiger charge is 2.36. The van der Waals surface area contributed by atoms with Crippen LogP contribution in [0.25, 0.3) is 0 Å². The maximum Gasteiger partial charge on any atom is 0.416 e. The molecule has 3 amide bonds. The third-order valence-electron chi connectivity index (χ3n) is 7.00. The average molecular weight is 482 g/mol. The zero-order valence-electron chi connectivity index (χ0n) is 19.1. The van der Waals surface area contributed by atoms with Gasteiger partial charge in [0.2, 0.25) is 11.8 Å². The number of morpholine rings is 1. The van der Waals surface area contributed by atoms with E-state index in [1.165, 1.54) is 12.1 Å². The van der Waals surface area contributed by atoms with Crippen molar-refractivity contribution in [1.82, 2.24) is 14.7 Å². The molecule has 34 heavy (non-hydrogen) atoms. The Hall–Kier alpha value is -2.62. The number of benzene rings is 1. The van der Waals surface area contributed by atoms with Gasteiger partial charge in [-0.1, -0.05) is 0 Å². The van der Waals surface area contributed by atoms with Crippen LogP contribution in [-0.4, -0.2) is 84.9 Å². The second-order valence-corrected chi connectivity index (χ2v) is 9.20. The Labute approximate surface area is 196 Å². The second kappa shape index (κ2) is 10.3. The Morgan fingerprint density at radius 2 is 1.38 bits per heavy atom. The van der Waals surface area contributed by atoms with E-state index in [-0.39, 0.29) is 35.1 Å². The minimum atomic E-state index is -4.44. The minimum absolute atomic E-state index is 0.0288. The molecule has 0 N–H and O–H groups in total. The summed E-state index contributed by atoms with van der Waals surface area (Å²) in [5.41, 5.74) is -0.585. The summed E-state index contributed by atoms with van der Waals surface area (Å²) in [6.07, 6.45) is -1.87. The van der Waals surface area contributed by atoms with Gasteiger partial charge in [-0.3, -0.25) is 14.4 Å². The number of hydrogen-bond acceptors (Lipinski definition) is 4. The second-order valence-electron chi connectivity index (χ2n) is 9.20. The first-order valence-electron chi connectivity index (χ1n) is 11.9. The van der Waals surface area contributed by atoms with Crippen LogP contribution >= 0.6 is 0 Å². The molecule has 0 spiro atoms. The van der Waals surface area contributed by atoms with E-state index >= 15 is 0 Å². The molecule has 0 radical (unpaired) electrons. The third kappa shape index (κ3) is 5.54. The highest BCUT2D eigenvalue weighted by molar-refractivity contribution is 5.94. The molecule has 3 aliphatic heterocycles. The number of halogens is 3. The lowest BCUT2D eigenvalue weighted by Crippen LogP contribution is -2.51. The predicted molar refractivity (Wildman–Crippen MR) is 117 cm³/mol. The van der Waals surface area contributed by atoms with Crippen LogP contribution in [0, 0.1) is 11.8 Å². The maximum atomic E-state index is 13.1. The van der Waals surface area contributed by atoms with Crippen molar-refractivity contribution in [2.24, 2.45) is 11.8 Å². The lowest BCUT2D eigenvalue weighted by atomic mass is 9.91. The van der Waals surface area contributed by atoms with Crippen molar-refractivity contribution < 1.29 is 32.3 Å². The van der Waals surface area contributed by atoms with Crippen LogP contribution in [0.4, 0.5) is 13.2 Å². The summed E-state index contributed by atoms with van der Waals surface area (Å²) in [6.45, 7) is 4.09. The lowest BCUT2D eigenvalue weighted by Gasteiger charge is -2.39. The number of hydrogen-bond donors (Lipinski definition) is 0. The first-order valence-corrected chi connectivity index (χ1v) is 11.9. The molecule has 3 saturated heterocycles. The van der Waals surface area contributed by atoms with E-state index in [0.29, 0.717) is 65.3 Å². The van der Waals surface area contributed by atoms with Crippen LogP contribution in [0.15, 0.2) is 24.3 Å². The minimum Gasteiger partial charge on any atom is -0.378 e. The van der Waals surface area contributed by atoms with Gasteiger partial charge in [0.05, 0.1) is 24.7 Å². The van der Waals surface area contributed by atoms with Gasteiger partial charge in [0.1, 0.15) is 0 Å². The Kier molecular flexibility index (Phi) is 7.45. The maximum absolute atomic E-state index is 13.1. The highest BCUT2D eigenvalue weighted by atomic mass is 19.4. The molecule has 0 bridgehead atoms. The number of carbonyl (C=O) groups excluding carboxylic acids is 3. The van der Waals surface area contributed by atoms with Gasteiger partial charge in [0.15, 0.2) is 0 Å². The summed E-state index contributed by atoms with van der Waals surface area (Å²) in [5.74, 6) is -0.598. The summed E-state index contributed by atoms with van der Waals surface area (Å²) in [4.78, 5) is 43.9. The number of amides is 3. The van der Waals surface area contributed by atoms with Crippen molar-refractivity contribution in [3.05, 3.63) is 35.4 Å². The van der Waals surface area contributed by atoms with Crippen LogP contribution in [0.5, 0.6) is 0 Å². The van der Waals surface area contributed by atoms with E-state index in [2.05, 4.69) is 0 Å². The van der Waals surface area contributed by atoms with Crippen molar-refractivity contribution in [1.29, 1.82) is 0 Å². The lowest BCUT2D eigenvalue weighted by molar-refractivity contribution is -0.146. The Bertz CT molecular complexity index is 892. The fourth-order valence-corrected chi connectivity index (χ4v) is 4.99. The molecule has 3 aliphatic rings. The van der Waals surface area contributed by atoms with E-state index in [9.17, 15) is 27.6 Å². The molecule has 0 aromatic heterocycles. The van der Waals surface area contributed by atoms with Crippen LogP contribution in [-0.2, 0) is 20.5 Å². The number of likely N-dealkylation sites (tertiary alicyclic amines) is 2. The van der Waals surface area contributed by atoms with Gasteiger partial charge in [0, 0.05) is 50.7 Å². The predicted octanol–water partition coefficient (Wildman–Crippen LogP) is 2.66. The fraction of sp³-hybridized carbons (Fsp3) is 0.625. The number of ether oxygens (including phenoxy) is 1. The largest absolute Gasteiger partial charge is 0.416 e. The standard InChI is InChI=1S/C24H30F3N3O4/c25-24(26,27)20-5-3-17(4-6-20)21(31)28-10-7-18(8-11-28)22(32)30-9-1-2-19(16-30)23(33)29-12-14-34-15-13-29/h3-6,18-19H,1-2,7-16H2/t19-/m0/s1. The number of alkyl halides is 3. The summed E-state index contributed by atoms with van der Waals surface area (Å²) in [6, 6.07) is 4.21. The van der Waals surface area contributed by atoms with Crippen molar-refractivity contribution >= 4 is 17.7 Å². The molecular weight excluding hydrogens is 451 g/mol. The topological polar surface area (TPSA) is 70.2 Å². The molecule has 1 atom stereocenters. The van der Waals surface area contributed by atoms with Gasteiger partial charge < -0.3 is 19.4 Å². The number of nitrogens with zero attached hydrogens (tertiary/aromatic N) is 3. The quantitative estimate of drug-likeness (QED) is 0.666. The van der Waals surface area contributed by atoms with Gasteiger partial charge >= 0.3 is 6.18 Å². The van der Waals surface area contributed by atoms with Crippen LogP contribution in [0.2, 0.25) is 0 Å². The average Bonchev–Trinajstić information content (AvgIpc) is 2.87. The molecular formula is C24H30F3N3O4. The van der Waals surface area contributed by atoms with E-state index in [0.717, 1.165) is 25.0 Å². The smallest absolute Gasteiger partial charge is 0.378 e. The SMILES string of the molecule is O=C(c1ccc(C(F)(F)F)cc1)N1CCC(C(=O)N2CCC[C@H](C(=O)N3CCOCC3)C2)CC1. The monoisotopic (exact) mass is 481 g/mol. The molecule has 7 nitrogen and oxygen atoms in total. The summed E-state index contributed by atoms with van der Waals surface area (Å²) >= 11 is 0. The molecule has 3 fully saturated rings. The molecule has 0 aliphatic carbocycles. The Morgan fingerprint density at radius 3 is 2.00 bits per heavy atom.